The monoisotopic (exact) mass is 424 g/mol. The fourth-order valence-corrected chi connectivity index (χ4v) is 2.57. The summed E-state index contributed by atoms with van der Waals surface area (Å²) in [7, 11) is 1.56. The Morgan fingerprint density at radius 2 is 1.81 bits per heavy atom. The van der Waals surface area contributed by atoms with E-state index in [2.05, 4.69) is 25.7 Å². The van der Waals surface area contributed by atoms with E-state index in [1.54, 1.807) is 7.05 Å². The highest BCUT2D eigenvalue weighted by molar-refractivity contribution is 6.35. The van der Waals surface area contributed by atoms with Gasteiger partial charge in [-0.1, -0.05) is 44.0 Å². The molecule has 0 bridgehead atoms. The number of ether oxygens (including phenoxy) is 1. The van der Waals surface area contributed by atoms with Crippen LogP contribution < -0.4 is 20.7 Å². The maximum atomic E-state index is 12.6. The van der Waals surface area contributed by atoms with Crippen molar-refractivity contribution in [3.63, 3.8) is 0 Å². The standard InChI is InChI=1S/C17H24Cl2F2N4O2/c1-17(2,3)14(26)23-5-6-24-16(22-4)25-9-10-7-11(18)8-12(19)13(10)27-15(20)21/h7-8,15H,5-6,9H2,1-4H3,(H,23,26)(H2,22,24,25). The molecule has 27 heavy (non-hydrogen) atoms. The fraction of sp³-hybridized carbons (Fsp3) is 0.529. The largest absolute Gasteiger partial charge is 0.433 e. The highest BCUT2D eigenvalue weighted by Crippen LogP contribution is 2.33. The second-order valence-corrected chi connectivity index (χ2v) is 7.46. The molecule has 0 atom stereocenters. The van der Waals surface area contributed by atoms with Crippen LogP contribution in [0, 0.1) is 5.41 Å². The first-order valence-corrected chi connectivity index (χ1v) is 8.95. The Labute approximate surface area is 167 Å². The molecule has 0 saturated heterocycles. The second-order valence-electron chi connectivity index (χ2n) is 6.61. The number of alkyl halides is 2. The smallest absolute Gasteiger partial charge is 0.387 e. The van der Waals surface area contributed by atoms with Gasteiger partial charge in [0.05, 0.1) is 5.02 Å². The molecule has 10 heteroatoms. The molecule has 1 aromatic rings. The van der Waals surface area contributed by atoms with E-state index in [0.717, 1.165) is 0 Å². The lowest BCUT2D eigenvalue weighted by Crippen LogP contribution is -2.43. The molecule has 0 radical (unpaired) electrons. The van der Waals surface area contributed by atoms with Gasteiger partial charge in [0.2, 0.25) is 5.91 Å². The minimum absolute atomic E-state index is 0.00700. The van der Waals surface area contributed by atoms with E-state index in [1.807, 2.05) is 20.8 Å². The van der Waals surface area contributed by atoms with Crippen LogP contribution >= 0.6 is 23.2 Å². The van der Waals surface area contributed by atoms with Crippen LogP contribution in [0.15, 0.2) is 17.1 Å². The zero-order valence-corrected chi connectivity index (χ0v) is 17.1. The van der Waals surface area contributed by atoms with Crippen molar-refractivity contribution in [2.45, 2.75) is 33.9 Å². The molecule has 0 aliphatic carbocycles. The van der Waals surface area contributed by atoms with Crippen LogP contribution in [0.5, 0.6) is 5.75 Å². The Kier molecular flexibility index (Phi) is 9.05. The summed E-state index contributed by atoms with van der Waals surface area (Å²) in [6, 6.07) is 2.81. The number of hydrogen-bond acceptors (Lipinski definition) is 3. The van der Waals surface area contributed by atoms with E-state index in [9.17, 15) is 13.6 Å². The van der Waals surface area contributed by atoms with Crippen molar-refractivity contribution in [1.82, 2.24) is 16.0 Å². The molecule has 1 rings (SSSR count). The van der Waals surface area contributed by atoms with Gasteiger partial charge in [-0.15, -0.1) is 0 Å². The Morgan fingerprint density at radius 3 is 2.37 bits per heavy atom. The van der Waals surface area contributed by atoms with Gasteiger partial charge in [-0.25, -0.2) is 0 Å². The number of carbonyl (C=O) groups excluding carboxylic acids is 1. The first-order valence-electron chi connectivity index (χ1n) is 8.20. The Bertz CT molecular complexity index is 680. The molecule has 0 aliphatic rings. The lowest BCUT2D eigenvalue weighted by molar-refractivity contribution is -0.128. The van der Waals surface area contributed by atoms with Crippen LogP contribution in [0.25, 0.3) is 0 Å². The Morgan fingerprint density at radius 1 is 1.19 bits per heavy atom. The summed E-state index contributed by atoms with van der Waals surface area (Å²) < 4.78 is 29.7. The van der Waals surface area contributed by atoms with Gasteiger partial charge < -0.3 is 20.7 Å². The molecule has 0 fully saturated rings. The summed E-state index contributed by atoms with van der Waals surface area (Å²) in [6.07, 6.45) is 0. The Hall–Kier alpha value is -1.80. The number of nitrogens with zero attached hydrogens (tertiary/aromatic N) is 1. The third-order valence-corrected chi connectivity index (χ3v) is 3.85. The zero-order valence-electron chi connectivity index (χ0n) is 15.6. The molecule has 1 aromatic carbocycles. The van der Waals surface area contributed by atoms with Crippen molar-refractivity contribution < 1.29 is 18.3 Å². The molecule has 1 amide bonds. The molecule has 0 unspecified atom stereocenters. The maximum absolute atomic E-state index is 12.6. The molecular weight excluding hydrogens is 401 g/mol. The summed E-state index contributed by atoms with van der Waals surface area (Å²) in [5.41, 5.74) is -0.107. The number of guanidine groups is 1. The first kappa shape index (κ1) is 23.2. The van der Waals surface area contributed by atoms with Crippen molar-refractivity contribution in [1.29, 1.82) is 0 Å². The first-order chi connectivity index (χ1) is 12.5. The normalized spacial score (nSPS) is 12.1. The van der Waals surface area contributed by atoms with E-state index in [0.29, 0.717) is 29.6 Å². The summed E-state index contributed by atoms with van der Waals surface area (Å²) in [4.78, 5) is 15.8. The number of carbonyl (C=O) groups is 1. The molecule has 3 N–H and O–H groups in total. The summed E-state index contributed by atoms with van der Waals surface area (Å²) in [5, 5.41) is 9.05. The highest BCUT2D eigenvalue weighted by Gasteiger charge is 2.20. The minimum atomic E-state index is -3.01. The maximum Gasteiger partial charge on any atom is 0.387 e. The zero-order chi connectivity index (χ0) is 20.6. The van der Waals surface area contributed by atoms with Gasteiger partial charge in [0.1, 0.15) is 5.75 Å². The molecule has 0 heterocycles. The van der Waals surface area contributed by atoms with E-state index in [-0.39, 0.29) is 23.2 Å². The number of hydrogen-bond donors (Lipinski definition) is 3. The number of amides is 1. The lowest BCUT2D eigenvalue weighted by Gasteiger charge is -2.18. The summed E-state index contributed by atoms with van der Waals surface area (Å²) in [5.74, 6) is 0.213. The lowest BCUT2D eigenvalue weighted by atomic mass is 9.96. The summed E-state index contributed by atoms with van der Waals surface area (Å²) in [6.45, 7) is 3.40. The number of nitrogens with one attached hydrogen (secondary N) is 3. The van der Waals surface area contributed by atoms with Crippen LogP contribution in [-0.2, 0) is 11.3 Å². The van der Waals surface area contributed by atoms with Crippen molar-refractivity contribution in [2.75, 3.05) is 20.1 Å². The number of aliphatic imine (C=N–C) groups is 1. The van der Waals surface area contributed by atoms with E-state index >= 15 is 0 Å². The predicted octanol–water partition coefficient (Wildman–Crippen LogP) is 3.42. The third kappa shape index (κ3) is 8.17. The van der Waals surface area contributed by atoms with E-state index in [4.69, 9.17) is 23.2 Å². The van der Waals surface area contributed by atoms with Crippen LogP contribution in [-0.4, -0.2) is 38.6 Å². The molecule has 0 saturated carbocycles. The fourth-order valence-electron chi connectivity index (χ4n) is 1.99. The molecule has 152 valence electrons. The van der Waals surface area contributed by atoms with Crippen LogP contribution in [0.4, 0.5) is 8.78 Å². The summed E-state index contributed by atoms with van der Waals surface area (Å²) >= 11 is 11.9. The number of halogens is 4. The Balaban J connectivity index is 2.61. The molecule has 0 aliphatic heterocycles. The highest BCUT2D eigenvalue weighted by atomic mass is 35.5. The van der Waals surface area contributed by atoms with Gasteiger partial charge in [-0.3, -0.25) is 9.79 Å². The predicted molar refractivity (Wildman–Crippen MR) is 104 cm³/mol. The van der Waals surface area contributed by atoms with E-state index < -0.39 is 12.0 Å². The van der Waals surface area contributed by atoms with Gasteiger partial charge in [0.15, 0.2) is 5.96 Å². The average molecular weight is 425 g/mol. The van der Waals surface area contributed by atoms with Crippen LogP contribution in [0.3, 0.4) is 0 Å². The molecule has 6 nitrogen and oxygen atoms in total. The van der Waals surface area contributed by atoms with Crippen molar-refractivity contribution >= 4 is 35.1 Å². The number of benzene rings is 1. The van der Waals surface area contributed by atoms with Crippen LogP contribution in [0.1, 0.15) is 26.3 Å². The van der Waals surface area contributed by atoms with Crippen molar-refractivity contribution in [2.24, 2.45) is 10.4 Å². The van der Waals surface area contributed by atoms with Gasteiger partial charge in [0, 0.05) is 42.7 Å². The van der Waals surface area contributed by atoms with Crippen molar-refractivity contribution in [3.8, 4) is 5.75 Å². The molecule has 0 spiro atoms. The quantitative estimate of drug-likeness (QED) is 0.356. The van der Waals surface area contributed by atoms with Crippen molar-refractivity contribution in [3.05, 3.63) is 27.7 Å². The van der Waals surface area contributed by atoms with Gasteiger partial charge in [0.25, 0.3) is 0 Å². The van der Waals surface area contributed by atoms with E-state index in [1.165, 1.54) is 12.1 Å². The third-order valence-electron chi connectivity index (χ3n) is 3.35. The SMILES string of the molecule is CN=C(NCCNC(=O)C(C)(C)C)NCc1cc(Cl)cc(Cl)c1OC(F)F. The van der Waals surface area contributed by atoms with Gasteiger partial charge >= 0.3 is 6.61 Å². The minimum Gasteiger partial charge on any atom is -0.433 e. The number of rotatable bonds is 7. The molecule has 0 aromatic heterocycles. The average Bonchev–Trinajstić information content (AvgIpc) is 2.55. The van der Waals surface area contributed by atoms with Crippen LogP contribution in [0.2, 0.25) is 10.0 Å². The second kappa shape index (κ2) is 10.5. The van der Waals surface area contributed by atoms with Gasteiger partial charge in [-0.2, -0.15) is 8.78 Å². The topological polar surface area (TPSA) is 74.8 Å². The van der Waals surface area contributed by atoms with Gasteiger partial charge in [-0.05, 0) is 12.1 Å². The molecular formula is C17H24Cl2F2N4O2.